The van der Waals surface area contributed by atoms with Crippen LogP contribution in [0, 0.1) is 20.8 Å². The van der Waals surface area contributed by atoms with Crippen LogP contribution in [0.25, 0.3) is 0 Å². The van der Waals surface area contributed by atoms with Crippen molar-refractivity contribution < 1.29 is 4.74 Å². The number of nitrogens with two attached hydrogens (primary N) is 1. The second kappa shape index (κ2) is 6.29. The minimum absolute atomic E-state index is 0.160. The maximum atomic E-state index is 6.28. The number of halogens is 1. The van der Waals surface area contributed by atoms with Gasteiger partial charge < -0.3 is 10.5 Å². The maximum Gasteiger partial charge on any atom is 0.137 e. The Bertz CT molecular complexity index is 587. The summed E-state index contributed by atoms with van der Waals surface area (Å²) in [7, 11) is 0. The minimum atomic E-state index is -0.160. The first-order chi connectivity index (χ1) is 9.49. The molecule has 1 atom stereocenters. The molecule has 0 heterocycles. The highest BCUT2D eigenvalue weighted by Crippen LogP contribution is 2.26. The van der Waals surface area contributed by atoms with Crippen molar-refractivity contribution in [2.24, 2.45) is 5.73 Å². The van der Waals surface area contributed by atoms with Crippen LogP contribution in [0.5, 0.6) is 5.75 Å². The predicted octanol–water partition coefficient (Wildman–Crippen LogP) is 4.34. The molecule has 3 heteroatoms. The van der Waals surface area contributed by atoms with E-state index in [2.05, 4.69) is 32.9 Å². The molecule has 20 heavy (non-hydrogen) atoms. The average molecular weight is 290 g/mol. The fourth-order valence-electron chi connectivity index (χ4n) is 2.60. The Morgan fingerprint density at radius 2 is 1.70 bits per heavy atom. The lowest BCUT2D eigenvalue weighted by atomic mass is 9.95. The van der Waals surface area contributed by atoms with Gasteiger partial charge in [0.1, 0.15) is 12.4 Å². The molecule has 1 unspecified atom stereocenters. The monoisotopic (exact) mass is 289 g/mol. The second-order valence-electron chi connectivity index (χ2n) is 5.16. The van der Waals surface area contributed by atoms with Crippen LogP contribution in [0.4, 0.5) is 0 Å². The molecular weight excluding hydrogens is 270 g/mol. The van der Waals surface area contributed by atoms with E-state index in [4.69, 9.17) is 22.1 Å². The largest absolute Gasteiger partial charge is 0.490 e. The summed E-state index contributed by atoms with van der Waals surface area (Å²) in [6.07, 6.45) is 0. The molecule has 0 aliphatic rings. The van der Waals surface area contributed by atoms with Crippen molar-refractivity contribution >= 4 is 11.6 Å². The van der Waals surface area contributed by atoms with Crippen LogP contribution in [0.1, 0.15) is 28.3 Å². The van der Waals surface area contributed by atoms with Gasteiger partial charge in [-0.25, -0.2) is 0 Å². The summed E-state index contributed by atoms with van der Waals surface area (Å²) in [5, 5.41) is 0.608. The third-order valence-electron chi connectivity index (χ3n) is 3.36. The standard InChI is InChI=1S/C17H20ClNO/c1-11-8-12(2)17(13(3)9-11)15(19)10-20-16-7-5-4-6-14(16)18/h4-9,15H,10,19H2,1-3H3. The normalized spacial score (nSPS) is 12.2. The second-order valence-corrected chi connectivity index (χ2v) is 5.57. The summed E-state index contributed by atoms with van der Waals surface area (Å²) in [6.45, 7) is 6.68. The Morgan fingerprint density at radius 3 is 2.30 bits per heavy atom. The molecule has 0 spiro atoms. The first-order valence-corrected chi connectivity index (χ1v) is 7.07. The molecule has 0 saturated carbocycles. The van der Waals surface area contributed by atoms with Crippen LogP contribution in [0.2, 0.25) is 5.02 Å². The molecule has 0 amide bonds. The zero-order chi connectivity index (χ0) is 14.7. The Balaban J connectivity index is 2.13. The molecule has 0 bridgehead atoms. The Hall–Kier alpha value is -1.51. The van der Waals surface area contributed by atoms with Crippen molar-refractivity contribution in [1.29, 1.82) is 0 Å². The van der Waals surface area contributed by atoms with E-state index in [1.165, 1.54) is 16.7 Å². The summed E-state index contributed by atoms with van der Waals surface area (Å²) >= 11 is 6.07. The van der Waals surface area contributed by atoms with E-state index < -0.39 is 0 Å². The van der Waals surface area contributed by atoms with Gasteiger partial charge in [0, 0.05) is 0 Å². The smallest absolute Gasteiger partial charge is 0.137 e. The van der Waals surface area contributed by atoms with Crippen molar-refractivity contribution in [3.63, 3.8) is 0 Å². The molecule has 0 aliphatic heterocycles. The molecule has 0 aliphatic carbocycles. The van der Waals surface area contributed by atoms with Gasteiger partial charge in [0.25, 0.3) is 0 Å². The highest BCUT2D eigenvalue weighted by molar-refractivity contribution is 6.32. The van der Waals surface area contributed by atoms with Crippen LogP contribution in [-0.2, 0) is 0 Å². The molecule has 0 aromatic heterocycles. The van der Waals surface area contributed by atoms with Crippen molar-refractivity contribution in [3.05, 3.63) is 63.7 Å². The van der Waals surface area contributed by atoms with E-state index >= 15 is 0 Å². The van der Waals surface area contributed by atoms with E-state index in [0.29, 0.717) is 17.4 Å². The summed E-state index contributed by atoms with van der Waals surface area (Å²) in [5.74, 6) is 0.673. The third kappa shape index (κ3) is 3.33. The van der Waals surface area contributed by atoms with Gasteiger partial charge in [-0.05, 0) is 49.6 Å². The van der Waals surface area contributed by atoms with E-state index in [0.717, 1.165) is 5.56 Å². The van der Waals surface area contributed by atoms with Crippen LogP contribution in [0.15, 0.2) is 36.4 Å². The Morgan fingerprint density at radius 1 is 1.10 bits per heavy atom. The quantitative estimate of drug-likeness (QED) is 0.908. The number of para-hydroxylation sites is 1. The predicted molar refractivity (Wildman–Crippen MR) is 84.5 cm³/mol. The molecule has 2 aromatic carbocycles. The minimum Gasteiger partial charge on any atom is -0.490 e. The number of aryl methyl sites for hydroxylation is 3. The lowest BCUT2D eigenvalue weighted by Crippen LogP contribution is -2.21. The fourth-order valence-corrected chi connectivity index (χ4v) is 2.79. The Kier molecular flexibility index (Phi) is 4.69. The lowest BCUT2D eigenvalue weighted by Gasteiger charge is -2.19. The van der Waals surface area contributed by atoms with Gasteiger partial charge in [-0.1, -0.05) is 41.4 Å². The van der Waals surface area contributed by atoms with E-state index in [1.807, 2.05) is 24.3 Å². The first kappa shape index (κ1) is 14.9. The number of rotatable bonds is 4. The average Bonchev–Trinajstić information content (AvgIpc) is 2.36. The van der Waals surface area contributed by atoms with Gasteiger partial charge in [-0.3, -0.25) is 0 Å². The highest BCUT2D eigenvalue weighted by Gasteiger charge is 2.14. The first-order valence-electron chi connectivity index (χ1n) is 6.69. The number of hydrogen-bond acceptors (Lipinski definition) is 2. The van der Waals surface area contributed by atoms with Crippen molar-refractivity contribution in [3.8, 4) is 5.75 Å². The molecule has 2 aromatic rings. The van der Waals surface area contributed by atoms with Gasteiger partial charge in [-0.15, -0.1) is 0 Å². The lowest BCUT2D eigenvalue weighted by molar-refractivity contribution is 0.290. The fraction of sp³-hybridized carbons (Fsp3) is 0.294. The zero-order valence-electron chi connectivity index (χ0n) is 12.1. The van der Waals surface area contributed by atoms with Crippen LogP contribution in [-0.4, -0.2) is 6.61 Å². The van der Waals surface area contributed by atoms with Gasteiger partial charge in [0.2, 0.25) is 0 Å². The van der Waals surface area contributed by atoms with Crippen LogP contribution in [0.3, 0.4) is 0 Å². The van der Waals surface area contributed by atoms with Crippen molar-refractivity contribution in [1.82, 2.24) is 0 Å². The van der Waals surface area contributed by atoms with E-state index in [1.54, 1.807) is 0 Å². The maximum absolute atomic E-state index is 6.28. The molecule has 0 saturated heterocycles. The Labute approximate surface area is 125 Å². The van der Waals surface area contributed by atoms with Gasteiger partial charge in [-0.2, -0.15) is 0 Å². The zero-order valence-corrected chi connectivity index (χ0v) is 12.9. The summed E-state index contributed by atoms with van der Waals surface area (Å²) in [6, 6.07) is 11.6. The highest BCUT2D eigenvalue weighted by atomic mass is 35.5. The number of ether oxygens (including phenoxy) is 1. The summed E-state index contributed by atoms with van der Waals surface area (Å²) in [4.78, 5) is 0. The molecule has 106 valence electrons. The molecule has 2 N–H and O–H groups in total. The SMILES string of the molecule is Cc1cc(C)c(C(N)COc2ccccc2Cl)c(C)c1. The summed E-state index contributed by atoms with van der Waals surface area (Å²) in [5.41, 5.74) is 11.1. The molecular formula is C17H20ClNO. The number of benzene rings is 2. The van der Waals surface area contributed by atoms with E-state index in [9.17, 15) is 0 Å². The molecule has 0 radical (unpaired) electrons. The molecule has 2 nitrogen and oxygen atoms in total. The van der Waals surface area contributed by atoms with Gasteiger partial charge in [0.15, 0.2) is 0 Å². The molecule has 2 rings (SSSR count). The van der Waals surface area contributed by atoms with Gasteiger partial charge in [0.05, 0.1) is 11.1 Å². The molecule has 0 fully saturated rings. The third-order valence-corrected chi connectivity index (χ3v) is 3.68. The summed E-state index contributed by atoms with van der Waals surface area (Å²) < 4.78 is 5.74. The van der Waals surface area contributed by atoms with Crippen LogP contribution >= 0.6 is 11.6 Å². The number of hydrogen-bond donors (Lipinski definition) is 1. The van der Waals surface area contributed by atoms with Gasteiger partial charge >= 0.3 is 0 Å². The topological polar surface area (TPSA) is 35.2 Å². The van der Waals surface area contributed by atoms with E-state index in [-0.39, 0.29) is 6.04 Å². The van der Waals surface area contributed by atoms with Crippen molar-refractivity contribution in [2.45, 2.75) is 26.8 Å². The van der Waals surface area contributed by atoms with Crippen LogP contribution < -0.4 is 10.5 Å². The van der Waals surface area contributed by atoms with Crippen molar-refractivity contribution in [2.75, 3.05) is 6.61 Å².